The molecule has 1 aliphatic heterocycles. The van der Waals surface area contributed by atoms with E-state index in [1.54, 1.807) is 0 Å². The van der Waals surface area contributed by atoms with Crippen LogP contribution in [0.15, 0.2) is 0 Å². The standard InChI is InChI=1S/C4H4NO3P/c6-4-5(3-9-7)1-2-8-4/h1-2H2. The van der Waals surface area contributed by atoms with E-state index >= 15 is 0 Å². The summed E-state index contributed by atoms with van der Waals surface area (Å²) in [4.78, 5) is 11.6. The van der Waals surface area contributed by atoms with Crippen molar-refractivity contribution < 1.29 is 14.1 Å². The van der Waals surface area contributed by atoms with Crippen molar-refractivity contribution in [3.8, 4) is 5.75 Å². The first-order valence-electron chi connectivity index (χ1n) is 2.37. The van der Waals surface area contributed by atoms with Gasteiger partial charge >= 0.3 is 51.9 Å². The van der Waals surface area contributed by atoms with Gasteiger partial charge in [0, 0.05) is 0 Å². The zero-order valence-electron chi connectivity index (χ0n) is 4.53. The van der Waals surface area contributed by atoms with E-state index in [1.807, 2.05) is 0 Å². The number of carbonyl (C=O) groups excluding carboxylic acids is 1. The summed E-state index contributed by atoms with van der Waals surface area (Å²) >= 11 is 0. The van der Waals surface area contributed by atoms with Crippen LogP contribution in [0.3, 0.4) is 0 Å². The predicted molar refractivity (Wildman–Crippen MR) is 29.5 cm³/mol. The van der Waals surface area contributed by atoms with E-state index in [0.717, 1.165) is 4.90 Å². The molecule has 1 rings (SSSR count). The molecule has 0 aromatic carbocycles. The Balaban J connectivity index is 2.67. The van der Waals surface area contributed by atoms with Crippen molar-refractivity contribution in [2.45, 2.75) is 0 Å². The van der Waals surface area contributed by atoms with E-state index < -0.39 is 6.09 Å². The Morgan fingerprint density at radius 3 is 3.00 bits per heavy atom. The van der Waals surface area contributed by atoms with E-state index in [-0.39, 0.29) is 7.92 Å². The van der Waals surface area contributed by atoms with E-state index in [9.17, 15) is 9.36 Å². The van der Waals surface area contributed by atoms with Gasteiger partial charge in [-0.05, 0) is 0 Å². The second kappa shape index (κ2) is 2.72. The molecule has 0 saturated carbocycles. The molecule has 0 aliphatic carbocycles. The fourth-order valence-electron chi connectivity index (χ4n) is 0.534. The molecule has 0 unspecified atom stereocenters. The van der Waals surface area contributed by atoms with Crippen LogP contribution < -0.4 is 0 Å². The second-order valence-electron chi connectivity index (χ2n) is 1.46. The summed E-state index contributed by atoms with van der Waals surface area (Å²) in [6.07, 6.45) is -0.474. The van der Waals surface area contributed by atoms with Gasteiger partial charge in [0.15, 0.2) is 0 Å². The maximum absolute atomic E-state index is 10.5. The van der Waals surface area contributed by atoms with Crippen LogP contribution in [0.1, 0.15) is 0 Å². The number of carbonyl (C=O) groups is 1. The third-order valence-electron chi connectivity index (χ3n) is 0.922. The first kappa shape index (κ1) is 6.40. The van der Waals surface area contributed by atoms with Crippen LogP contribution in [0.2, 0.25) is 0 Å². The molecular weight excluding hydrogens is 141 g/mol. The molecule has 9 heavy (non-hydrogen) atoms. The summed E-state index contributed by atoms with van der Waals surface area (Å²) in [7, 11) is -0.285. The van der Waals surface area contributed by atoms with Crippen LogP contribution in [0.4, 0.5) is 4.79 Å². The fraction of sp³-hybridized carbons (Fsp3) is 0.500. The summed E-state index contributed by atoms with van der Waals surface area (Å²) in [5.74, 6) is 2.27. The first-order valence-corrected chi connectivity index (χ1v) is 3.18. The Morgan fingerprint density at radius 1 is 1.78 bits per heavy atom. The molecule has 1 fully saturated rings. The average molecular weight is 145 g/mol. The van der Waals surface area contributed by atoms with Crippen LogP contribution in [0.25, 0.3) is 0 Å². The topological polar surface area (TPSA) is 46.6 Å². The fourth-order valence-corrected chi connectivity index (χ4v) is 0.814. The number of ether oxygens (including phenoxy) is 1. The van der Waals surface area contributed by atoms with Gasteiger partial charge in [-0.25, -0.2) is 0 Å². The monoisotopic (exact) mass is 145 g/mol. The molecule has 0 radical (unpaired) electrons. The Hall–Kier alpha value is -0.720. The maximum atomic E-state index is 10.5. The number of amides is 1. The van der Waals surface area contributed by atoms with Crippen LogP contribution >= 0.6 is 7.92 Å². The van der Waals surface area contributed by atoms with Crippen LogP contribution in [0, 0.1) is 5.75 Å². The zero-order valence-corrected chi connectivity index (χ0v) is 5.43. The Kier molecular flexibility index (Phi) is 1.93. The van der Waals surface area contributed by atoms with Gasteiger partial charge in [-0.15, -0.1) is 0 Å². The molecule has 0 aromatic heterocycles. The van der Waals surface area contributed by atoms with Crippen molar-refractivity contribution in [3.63, 3.8) is 0 Å². The van der Waals surface area contributed by atoms with E-state index in [1.165, 1.54) is 0 Å². The molecular formula is C4H4NO3P. The Labute approximate surface area is 52.9 Å². The van der Waals surface area contributed by atoms with Crippen LogP contribution in [0.5, 0.6) is 0 Å². The number of cyclic esters (lactones) is 1. The number of hydrogen-bond acceptors (Lipinski definition) is 3. The van der Waals surface area contributed by atoms with E-state index in [2.05, 4.69) is 10.5 Å². The SMILES string of the molecule is O=P#CN1CCOC1=O. The quantitative estimate of drug-likeness (QED) is 0.470. The van der Waals surface area contributed by atoms with Crippen molar-refractivity contribution in [2.75, 3.05) is 13.2 Å². The summed E-state index contributed by atoms with van der Waals surface area (Å²) in [6.45, 7) is 0.815. The van der Waals surface area contributed by atoms with Crippen LogP contribution in [-0.4, -0.2) is 24.1 Å². The van der Waals surface area contributed by atoms with Gasteiger partial charge in [-0.3, -0.25) is 0 Å². The molecule has 1 amide bonds. The third-order valence-corrected chi connectivity index (χ3v) is 1.25. The first-order chi connectivity index (χ1) is 4.34. The second-order valence-corrected chi connectivity index (χ2v) is 1.84. The molecule has 1 aliphatic rings. The molecule has 0 N–H and O–H groups in total. The Bertz CT molecular complexity index is 219. The number of nitrogens with zero attached hydrogens (tertiary/aromatic N) is 1. The van der Waals surface area contributed by atoms with Crippen molar-refractivity contribution >= 4 is 14.0 Å². The minimum absolute atomic E-state index is 0.285. The molecule has 0 atom stereocenters. The third kappa shape index (κ3) is 1.35. The van der Waals surface area contributed by atoms with Gasteiger partial charge < -0.3 is 0 Å². The summed E-state index contributed by atoms with van der Waals surface area (Å²) in [6, 6.07) is 0. The molecule has 48 valence electrons. The van der Waals surface area contributed by atoms with E-state index in [0.29, 0.717) is 13.2 Å². The summed E-state index contributed by atoms with van der Waals surface area (Å²) < 4.78 is 14.3. The normalized spacial score (nSPS) is 16.9. The van der Waals surface area contributed by atoms with Crippen molar-refractivity contribution in [2.24, 2.45) is 0 Å². The van der Waals surface area contributed by atoms with Gasteiger partial charge in [0.2, 0.25) is 0 Å². The zero-order chi connectivity index (χ0) is 6.69. The number of rotatable bonds is 0. The Morgan fingerprint density at radius 2 is 2.56 bits per heavy atom. The van der Waals surface area contributed by atoms with Gasteiger partial charge in [-0.1, -0.05) is 0 Å². The molecule has 0 bridgehead atoms. The van der Waals surface area contributed by atoms with E-state index in [4.69, 9.17) is 0 Å². The van der Waals surface area contributed by atoms with Gasteiger partial charge in [0.05, 0.1) is 0 Å². The summed E-state index contributed by atoms with van der Waals surface area (Å²) in [5.41, 5.74) is 0. The molecule has 4 nitrogen and oxygen atoms in total. The average Bonchev–Trinajstić information content (AvgIpc) is 2.18. The van der Waals surface area contributed by atoms with Gasteiger partial charge in [0.1, 0.15) is 0 Å². The van der Waals surface area contributed by atoms with Crippen LogP contribution in [-0.2, 0) is 9.30 Å². The number of hydrogen-bond donors (Lipinski definition) is 0. The molecule has 0 aromatic rings. The minimum atomic E-state index is -0.474. The van der Waals surface area contributed by atoms with Gasteiger partial charge in [0.25, 0.3) is 0 Å². The summed E-state index contributed by atoms with van der Waals surface area (Å²) in [5, 5.41) is 0. The van der Waals surface area contributed by atoms with Crippen molar-refractivity contribution in [1.29, 1.82) is 0 Å². The molecule has 5 heteroatoms. The predicted octanol–water partition coefficient (Wildman–Crippen LogP) is 0.647. The molecule has 1 saturated heterocycles. The molecule has 0 spiro atoms. The van der Waals surface area contributed by atoms with Gasteiger partial charge in [-0.2, -0.15) is 0 Å². The molecule has 1 heterocycles. The van der Waals surface area contributed by atoms with Crippen molar-refractivity contribution in [1.82, 2.24) is 4.90 Å². The van der Waals surface area contributed by atoms with Crippen molar-refractivity contribution in [3.05, 3.63) is 0 Å².